The molecule has 1 aliphatic heterocycles. The molecule has 0 radical (unpaired) electrons. The number of nitrogens with one attached hydrogen (secondary N) is 1. The Labute approximate surface area is 96.2 Å². The highest BCUT2D eigenvalue weighted by Gasteiger charge is 2.20. The molecular formula is C11H20N4O. The average molecular weight is 224 g/mol. The highest BCUT2D eigenvalue weighted by molar-refractivity contribution is 4.92. The molecule has 0 aromatic carbocycles. The van der Waals surface area contributed by atoms with E-state index < -0.39 is 0 Å². The molecule has 5 nitrogen and oxygen atoms in total. The monoisotopic (exact) mass is 224 g/mol. The Morgan fingerprint density at radius 1 is 1.56 bits per heavy atom. The number of hydrogen-bond donors (Lipinski definition) is 1. The van der Waals surface area contributed by atoms with E-state index in [9.17, 15) is 0 Å². The fourth-order valence-corrected chi connectivity index (χ4v) is 1.87. The summed E-state index contributed by atoms with van der Waals surface area (Å²) in [5.74, 6) is 1.84. The minimum atomic E-state index is 0.307. The molecule has 1 aromatic rings. The average Bonchev–Trinajstić information content (AvgIpc) is 2.70. The molecule has 0 amide bonds. The third-order valence-electron chi connectivity index (χ3n) is 2.96. The van der Waals surface area contributed by atoms with Crippen molar-refractivity contribution in [2.45, 2.75) is 39.3 Å². The van der Waals surface area contributed by atoms with Crippen LogP contribution in [0.25, 0.3) is 0 Å². The Morgan fingerprint density at radius 3 is 3.00 bits per heavy atom. The Kier molecular flexibility index (Phi) is 3.56. The number of hydrogen-bond acceptors (Lipinski definition) is 5. The van der Waals surface area contributed by atoms with Crippen molar-refractivity contribution in [1.29, 1.82) is 0 Å². The van der Waals surface area contributed by atoms with Crippen LogP contribution in [0.1, 0.15) is 38.4 Å². The van der Waals surface area contributed by atoms with Gasteiger partial charge in [0.15, 0.2) is 5.82 Å². The predicted octanol–water partition coefficient (Wildman–Crippen LogP) is 0.987. The van der Waals surface area contributed by atoms with Gasteiger partial charge in [0.25, 0.3) is 0 Å². The molecule has 1 aromatic heterocycles. The van der Waals surface area contributed by atoms with Crippen molar-refractivity contribution in [2.75, 3.05) is 19.6 Å². The third-order valence-corrected chi connectivity index (χ3v) is 2.96. The van der Waals surface area contributed by atoms with Crippen LogP contribution in [0.5, 0.6) is 0 Å². The lowest BCUT2D eigenvalue weighted by atomic mass is 10.2. The molecule has 1 aliphatic rings. The zero-order valence-corrected chi connectivity index (χ0v) is 10.2. The maximum Gasteiger partial charge on any atom is 0.229 e. The lowest BCUT2D eigenvalue weighted by Gasteiger charge is -2.32. The summed E-state index contributed by atoms with van der Waals surface area (Å²) < 4.78 is 5.20. The van der Waals surface area contributed by atoms with Crippen molar-refractivity contribution >= 4 is 0 Å². The zero-order chi connectivity index (χ0) is 11.5. The van der Waals surface area contributed by atoms with Crippen LogP contribution in [-0.2, 0) is 6.54 Å². The van der Waals surface area contributed by atoms with Crippen LogP contribution >= 0.6 is 0 Å². The molecule has 0 spiro atoms. The van der Waals surface area contributed by atoms with E-state index in [0.717, 1.165) is 37.9 Å². The van der Waals surface area contributed by atoms with Crippen molar-refractivity contribution < 1.29 is 4.52 Å². The van der Waals surface area contributed by atoms with Gasteiger partial charge in [0.2, 0.25) is 5.89 Å². The second-order valence-corrected chi connectivity index (χ2v) is 4.73. The van der Waals surface area contributed by atoms with Crippen molar-refractivity contribution in [3.63, 3.8) is 0 Å². The quantitative estimate of drug-likeness (QED) is 0.829. The highest BCUT2D eigenvalue weighted by atomic mass is 16.5. The van der Waals surface area contributed by atoms with Gasteiger partial charge in [-0.3, -0.25) is 4.90 Å². The first-order valence-corrected chi connectivity index (χ1v) is 5.94. The van der Waals surface area contributed by atoms with Gasteiger partial charge in [-0.25, -0.2) is 0 Å². The van der Waals surface area contributed by atoms with E-state index >= 15 is 0 Å². The molecule has 0 unspecified atom stereocenters. The van der Waals surface area contributed by atoms with E-state index in [1.807, 2.05) is 0 Å². The standard InChI is InChI=1S/C11H20N4O/c1-8(2)11-13-10(14-16-11)7-15-5-4-12-6-9(15)3/h8-9,12H,4-7H2,1-3H3/t9-/m0/s1. The summed E-state index contributed by atoms with van der Waals surface area (Å²) in [5.41, 5.74) is 0. The van der Waals surface area contributed by atoms with Crippen LogP contribution in [0.4, 0.5) is 0 Å². The SMILES string of the molecule is CC(C)c1nc(CN2CCNC[C@@H]2C)no1. The number of rotatable bonds is 3. The summed E-state index contributed by atoms with van der Waals surface area (Å²) in [6, 6.07) is 0.537. The van der Waals surface area contributed by atoms with Crippen LogP contribution in [0.2, 0.25) is 0 Å². The van der Waals surface area contributed by atoms with Crippen LogP contribution in [0, 0.1) is 0 Å². The summed E-state index contributed by atoms with van der Waals surface area (Å²) in [5, 5.41) is 7.39. The number of nitrogens with zero attached hydrogens (tertiary/aromatic N) is 3. The van der Waals surface area contributed by atoms with E-state index in [0.29, 0.717) is 12.0 Å². The van der Waals surface area contributed by atoms with Gasteiger partial charge in [0.05, 0.1) is 6.54 Å². The third kappa shape index (κ3) is 2.59. The molecule has 1 saturated heterocycles. The molecule has 16 heavy (non-hydrogen) atoms. The van der Waals surface area contributed by atoms with Crippen molar-refractivity contribution in [2.24, 2.45) is 0 Å². The van der Waals surface area contributed by atoms with Gasteiger partial charge in [0, 0.05) is 31.6 Å². The topological polar surface area (TPSA) is 54.2 Å². The molecule has 0 bridgehead atoms. The van der Waals surface area contributed by atoms with Gasteiger partial charge in [-0.15, -0.1) is 0 Å². The zero-order valence-electron chi connectivity index (χ0n) is 10.2. The lowest BCUT2D eigenvalue weighted by molar-refractivity contribution is 0.160. The van der Waals surface area contributed by atoms with Crippen LogP contribution in [-0.4, -0.2) is 40.7 Å². The minimum absolute atomic E-state index is 0.307. The van der Waals surface area contributed by atoms with Crippen LogP contribution in [0.15, 0.2) is 4.52 Å². The minimum Gasteiger partial charge on any atom is -0.339 e. The molecule has 0 aliphatic carbocycles. The molecule has 90 valence electrons. The molecule has 0 saturated carbocycles. The second-order valence-electron chi connectivity index (χ2n) is 4.73. The first-order valence-electron chi connectivity index (χ1n) is 5.94. The van der Waals surface area contributed by atoms with Crippen molar-refractivity contribution in [3.05, 3.63) is 11.7 Å². The number of aromatic nitrogens is 2. The van der Waals surface area contributed by atoms with Crippen molar-refractivity contribution in [3.8, 4) is 0 Å². The first-order chi connectivity index (χ1) is 7.66. The van der Waals surface area contributed by atoms with E-state index in [2.05, 4.69) is 41.1 Å². The second kappa shape index (κ2) is 4.93. The fourth-order valence-electron chi connectivity index (χ4n) is 1.87. The Morgan fingerprint density at radius 2 is 2.38 bits per heavy atom. The van der Waals surface area contributed by atoms with E-state index in [4.69, 9.17) is 4.52 Å². The maximum atomic E-state index is 5.20. The molecule has 2 heterocycles. The van der Waals surface area contributed by atoms with Gasteiger partial charge < -0.3 is 9.84 Å². The fraction of sp³-hybridized carbons (Fsp3) is 0.818. The van der Waals surface area contributed by atoms with Gasteiger partial charge in [-0.05, 0) is 6.92 Å². The highest BCUT2D eigenvalue weighted by Crippen LogP contribution is 2.13. The summed E-state index contributed by atoms with van der Waals surface area (Å²) >= 11 is 0. The Bertz CT molecular complexity index is 336. The summed E-state index contributed by atoms with van der Waals surface area (Å²) in [7, 11) is 0. The largest absolute Gasteiger partial charge is 0.339 e. The molecule has 1 atom stereocenters. The number of piperazine rings is 1. The summed E-state index contributed by atoms with van der Waals surface area (Å²) in [6.07, 6.45) is 0. The van der Waals surface area contributed by atoms with Gasteiger partial charge in [-0.1, -0.05) is 19.0 Å². The Hall–Kier alpha value is -0.940. The molecular weight excluding hydrogens is 204 g/mol. The lowest BCUT2D eigenvalue weighted by Crippen LogP contribution is -2.49. The normalized spacial score (nSPS) is 22.9. The summed E-state index contributed by atoms with van der Waals surface area (Å²) in [4.78, 5) is 6.78. The van der Waals surface area contributed by atoms with Crippen LogP contribution in [0.3, 0.4) is 0 Å². The van der Waals surface area contributed by atoms with E-state index in [-0.39, 0.29) is 0 Å². The van der Waals surface area contributed by atoms with E-state index in [1.165, 1.54) is 0 Å². The van der Waals surface area contributed by atoms with E-state index in [1.54, 1.807) is 0 Å². The first kappa shape index (κ1) is 11.5. The van der Waals surface area contributed by atoms with Gasteiger partial charge >= 0.3 is 0 Å². The van der Waals surface area contributed by atoms with Crippen molar-refractivity contribution in [1.82, 2.24) is 20.4 Å². The van der Waals surface area contributed by atoms with Gasteiger partial charge in [0.1, 0.15) is 0 Å². The smallest absolute Gasteiger partial charge is 0.229 e. The predicted molar refractivity (Wildman–Crippen MR) is 61.1 cm³/mol. The van der Waals surface area contributed by atoms with Gasteiger partial charge in [-0.2, -0.15) is 4.98 Å². The molecule has 5 heteroatoms. The Balaban J connectivity index is 1.97. The van der Waals surface area contributed by atoms with Crippen LogP contribution < -0.4 is 5.32 Å². The molecule has 1 N–H and O–H groups in total. The maximum absolute atomic E-state index is 5.20. The summed E-state index contributed by atoms with van der Waals surface area (Å²) in [6.45, 7) is 10.3. The molecule has 1 fully saturated rings. The molecule has 2 rings (SSSR count).